The highest BCUT2D eigenvalue weighted by Gasteiger charge is 2.25. The zero-order chi connectivity index (χ0) is 15.0. The summed E-state index contributed by atoms with van der Waals surface area (Å²) in [7, 11) is 0. The number of benzene rings is 2. The number of rotatable bonds is 1. The van der Waals surface area contributed by atoms with Gasteiger partial charge in [0.05, 0.1) is 0 Å². The molecule has 2 aromatic rings. The topological polar surface area (TPSA) is 46.3 Å². The van der Waals surface area contributed by atoms with E-state index in [9.17, 15) is 4.79 Å². The van der Waals surface area contributed by atoms with E-state index in [-0.39, 0.29) is 5.91 Å². The van der Waals surface area contributed by atoms with Gasteiger partial charge in [0, 0.05) is 28.5 Å². The second-order valence-electron chi connectivity index (χ2n) is 5.36. The van der Waals surface area contributed by atoms with Gasteiger partial charge in [0.2, 0.25) is 0 Å². The second kappa shape index (κ2) is 5.41. The summed E-state index contributed by atoms with van der Waals surface area (Å²) in [5.74, 6) is -0.0125. The molecule has 1 amide bonds. The lowest BCUT2D eigenvalue weighted by molar-refractivity contribution is 0.0984. The van der Waals surface area contributed by atoms with E-state index in [0.717, 1.165) is 24.1 Å². The molecule has 0 aliphatic carbocycles. The molecule has 21 heavy (non-hydrogen) atoms. The van der Waals surface area contributed by atoms with Crippen molar-refractivity contribution in [1.82, 2.24) is 0 Å². The molecule has 3 rings (SSSR count). The molecule has 0 saturated heterocycles. The zero-order valence-electron chi connectivity index (χ0n) is 11.9. The van der Waals surface area contributed by atoms with E-state index in [2.05, 4.69) is 0 Å². The number of carbonyl (C=O) groups is 1. The Balaban J connectivity index is 2.04. The highest BCUT2D eigenvalue weighted by atomic mass is 35.5. The average Bonchev–Trinajstić information content (AvgIpc) is 2.48. The Morgan fingerprint density at radius 2 is 2.10 bits per heavy atom. The quantitative estimate of drug-likeness (QED) is 0.814. The number of amides is 1. The van der Waals surface area contributed by atoms with Gasteiger partial charge in [-0.15, -0.1) is 0 Å². The number of anilines is 2. The molecule has 2 N–H and O–H groups in total. The van der Waals surface area contributed by atoms with Crippen molar-refractivity contribution in [3.05, 3.63) is 58.1 Å². The van der Waals surface area contributed by atoms with Gasteiger partial charge >= 0.3 is 0 Å². The van der Waals surface area contributed by atoms with E-state index >= 15 is 0 Å². The molecule has 0 spiro atoms. The molecule has 1 aliphatic rings. The number of nitrogens with zero attached hydrogens (tertiary/aromatic N) is 1. The number of halogens is 1. The number of nitrogens with two attached hydrogens (primary N) is 1. The first kappa shape index (κ1) is 14.0. The highest BCUT2D eigenvalue weighted by Crippen LogP contribution is 2.31. The van der Waals surface area contributed by atoms with Gasteiger partial charge in [-0.1, -0.05) is 23.7 Å². The van der Waals surface area contributed by atoms with E-state index in [1.54, 1.807) is 6.07 Å². The Morgan fingerprint density at radius 1 is 1.29 bits per heavy atom. The first-order chi connectivity index (χ1) is 10.1. The van der Waals surface area contributed by atoms with Crippen molar-refractivity contribution in [3.63, 3.8) is 0 Å². The van der Waals surface area contributed by atoms with Gasteiger partial charge in [-0.3, -0.25) is 4.79 Å². The molecular formula is C17H17ClN2O. The fourth-order valence-electron chi connectivity index (χ4n) is 2.79. The van der Waals surface area contributed by atoms with Crippen molar-refractivity contribution in [1.29, 1.82) is 0 Å². The van der Waals surface area contributed by atoms with Crippen molar-refractivity contribution in [2.75, 3.05) is 17.2 Å². The Morgan fingerprint density at radius 3 is 2.90 bits per heavy atom. The predicted octanol–water partition coefficient (Wildman–Crippen LogP) is 3.82. The molecule has 1 aliphatic heterocycles. The largest absolute Gasteiger partial charge is 0.399 e. The van der Waals surface area contributed by atoms with E-state index < -0.39 is 0 Å². The smallest absolute Gasteiger partial charge is 0.258 e. The molecule has 0 saturated carbocycles. The zero-order valence-corrected chi connectivity index (χ0v) is 12.7. The van der Waals surface area contributed by atoms with Gasteiger partial charge in [0.15, 0.2) is 0 Å². The molecule has 0 aromatic heterocycles. The fraction of sp³-hybridized carbons (Fsp3) is 0.235. The predicted molar refractivity (Wildman–Crippen MR) is 87.0 cm³/mol. The number of aryl methyl sites for hydroxylation is 1. The van der Waals surface area contributed by atoms with Crippen LogP contribution in [0.3, 0.4) is 0 Å². The number of hydrogen-bond donors (Lipinski definition) is 1. The summed E-state index contributed by atoms with van der Waals surface area (Å²) in [5, 5.41) is 0.616. The average molecular weight is 301 g/mol. The molecule has 0 atom stereocenters. The van der Waals surface area contributed by atoms with Crippen molar-refractivity contribution in [3.8, 4) is 0 Å². The van der Waals surface area contributed by atoms with Crippen LogP contribution in [0.25, 0.3) is 0 Å². The molecule has 108 valence electrons. The van der Waals surface area contributed by atoms with Crippen LogP contribution in [0, 0.1) is 6.92 Å². The van der Waals surface area contributed by atoms with Gasteiger partial charge < -0.3 is 10.6 Å². The Bertz CT molecular complexity index is 712. The van der Waals surface area contributed by atoms with Crippen LogP contribution in [0.1, 0.15) is 27.9 Å². The molecule has 0 bridgehead atoms. The molecule has 0 radical (unpaired) electrons. The van der Waals surface area contributed by atoms with Crippen LogP contribution in [0.2, 0.25) is 5.02 Å². The van der Waals surface area contributed by atoms with Crippen LogP contribution in [0.15, 0.2) is 36.4 Å². The van der Waals surface area contributed by atoms with Crippen LogP contribution in [0.5, 0.6) is 0 Å². The summed E-state index contributed by atoms with van der Waals surface area (Å²) in [6.07, 6.45) is 1.94. The van der Waals surface area contributed by atoms with Crippen molar-refractivity contribution in [2.45, 2.75) is 19.8 Å². The minimum absolute atomic E-state index is 0.0125. The summed E-state index contributed by atoms with van der Waals surface area (Å²) < 4.78 is 0. The lowest BCUT2D eigenvalue weighted by Crippen LogP contribution is -2.36. The minimum atomic E-state index is -0.0125. The van der Waals surface area contributed by atoms with Gasteiger partial charge in [-0.2, -0.15) is 0 Å². The molecule has 3 nitrogen and oxygen atoms in total. The third-order valence-corrected chi connectivity index (χ3v) is 4.38. The monoisotopic (exact) mass is 300 g/mol. The number of carbonyl (C=O) groups excluding carboxylic acids is 1. The van der Waals surface area contributed by atoms with Crippen LogP contribution >= 0.6 is 11.6 Å². The maximum absolute atomic E-state index is 12.9. The minimum Gasteiger partial charge on any atom is -0.399 e. The highest BCUT2D eigenvalue weighted by molar-refractivity contribution is 6.32. The SMILES string of the molecule is Cc1c(Cl)cccc1C(=O)N1CCCc2ccc(N)cc21. The van der Waals surface area contributed by atoms with Gasteiger partial charge in [-0.25, -0.2) is 0 Å². The normalized spacial score (nSPS) is 13.9. The first-order valence-electron chi connectivity index (χ1n) is 7.03. The van der Waals surface area contributed by atoms with Crippen molar-refractivity contribution < 1.29 is 4.79 Å². The summed E-state index contributed by atoms with van der Waals surface area (Å²) in [6.45, 7) is 2.58. The Hall–Kier alpha value is -2.00. The summed E-state index contributed by atoms with van der Waals surface area (Å²) in [6, 6.07) is 11.2. The van der Waals surface area contributed by atoms with Crippen molar-refractivity contribution >= 4 is 28.9 Å². The third kappa shape index (κ3) is 2.49. The molecule has 0 fully saturated rings. The van der Waals surface area contributed by atoms with Crippen LogP contribution in [0.4, 0.5) is 11.4 Å². The van der Waals surface area contributed by atoms with E-state index in [1.807, 2.05) is 42.2 Å². The van der Waals surface area contributed by atoms with Crippen molar-refractivity contribution in [2.24, 2.45) is 0 Å². The summed E-state index contributed by atoms with van der Waals surface area (Å²) in [4.78, 5) is 14.7. The number of hydrogen-bond acceptors (Lipinski definition) is 2. The molecular weight excluding hydrogens is 284 g/mol. The lowest BCUT2D eigenvalue weighted by Gasteiger charge is -2.30. The lowest BCUT2D eigenvalue weighted by atomic mass is 9.99. The Kier molecular flexibility index (Phi) is 3.60. The Labute approximate surface area is 129 Å². The van der Waals surface area contributed by atoms with Gasteiger partial charge in [0.1, 0.15) is 0 Å². The maximum Gasteiger partial charge on any atom is 0.258 e. The molecule has 4 heteroatoms. The molecule has 2 aromatic carbocycles. The maximum atomic E-state index is 12.9. The number of nitrogen functional groups attached to an aromatic ring is 1. The standard InChI is InChI=1S/C17H17ClN2O/c1-11-14(5-2-6-15(11)18)17(21)20-9-3-4-12-7-8-13(19)10-16(12)20/h2,5-8,10H,3-4,9,19H2,1H3. The first-order valence-corrected chi connectivity index (χ1v) is 7.41. The van der Waals surface area contributed by atoms with E-state index in [4.69, 9.17) is 17.3 Å². The second-order valence-corrected chi connectivity index (χ2v) is 5.77. The third-order valence-electron chi connectivity index (χ3n) is 3.97. The van der Waals surface area contributed by atoms with Gasteiger partial charge in [0.25, 0.3) is 5.91 Å². The summed E-state index contributed by atoms with van der Waals surface area (Å²) in [5.41, 5.74) is 10.1. The molecule has 0 unspecified atom stereocenters. The van der Waals surface area contributed by atoms with Gasteiger partial charge in [-0.05, 0) is 55.2 Å². The van der Waals surface area contributed by atoms with E-state index in [1.165, 1.54) is 5.56 Å². The fourth-order valence-corrected chi connectivity index (χ4v) is 2.96. The number of fused-ring (bicyclic) bond motifs is 1. The summed E-state index contributed by atoms with van der Waals surface area (Å²) >= 11 is 6.13. The van der Waals surface area contributed by atoms with Crippen LogP contribution in [-0.2, 0) is 6.42 Å². The van der Waals surface area contributed by atoms with E-state index in [0.29, 0.717) is 22.8 Å². The van der Waals surface area contributed by atoms with Crippen LogP contribution in [-0.4, -0.2) is 12.5 Å². The van der Waals surface area contributed by atoms with Crippen LogP contribution < -0.4 is 10.6 Å². The molecule has 1 heterocycles.